The van der Waals surface area contributed by atoms with Crippen molar-refractivity contribution in [3.05, 3.63) is 44.9 Å². The summed E-state index contributed by atoms with van der Waals surface area (Å²) in [7, 11) is 0. The molecule has 1 amide bonds. The van der Waals surface area contributed by atoms with Crippen LogP contribution in [0.3, 0.4) is 0 Å². The molecule has 0 atom stereocenters. The summed E-state index contributed by atoms with van der Waals surface area (Å²) >= 11 is 4.73. The van der Waals surface area contributed by atoms with Crippen LogP contribution in [0.1, 0.15) is 11.9 Å². The van der Waals surface area contributed by atoms with Crippen LogP contribution in [0.15, 0.2) is 39.9 Å². The third-order valence-electron chi connectivity index (χ3n) is 3.46. The normalized spacial score (nSPS) is 14.2. The number of carbonyl (C=O) groups excluding carboxylic acids is 1. The molecule has 1 aromatic heterocycles. The minimum atomic E-state index is -0.670. The Balaban J connectivity index is 1.80. The van der Waals surface area contributed by atoms with E-state index in [4.69, 9.17) is 10.1 Å². The van der Waals surface area contributed by atoms with Gasteiger partial charge in [0, 0.05) is 15.4 Å². The third kappa shape index (κ3) is 3.67. The Hall–Kier alpha value is -2.39. The highest BCUT2D eigenvalue weighted by Gasteiger charge is 2.31. The average Bonchev–Trinajstić information content (AvgIpc) is 3.14. The maximum absolute atomic E-state index is 11.5. The molecule has 2 aromatic rings. The highest BCUT2D eigenvalue weighted by Crippen LogP contribution is 2.31. The number of hydrogen-bond acceptors (Lipinski definition) is 6. The molecule has 0 saturated carbocycles. The second-order valence-electron chi connectivity index (χ2n) is 5.13. The Morgan fingerprint density at radius 1 is 1.48 bits per heavy atom. The van der Waals surface area contributed by atoms with Gasteiger partial charge in [0.25, 0.3) is 0 Å². The lowest BCUT2D eigenvalue weighted by Crippen LogP contribution is -2.44. The fourth-order valence-corrected chi connectivity index (χ4v) is 3.47. The SMILES string of the molecule is CCOC(=O)NN1CC(O)=C(c2nc(-c3ccc(Br)cc3)cs2)C1=N. The Morgan fingerprint density at radius 2 is 2.20 bits per heavy atom. The van der Waals surface area contributed by atoms with Gasteiger partial charge in [-0.2, -0.15) is 0 Å². The van der Waals surface area contributed by atoms with Gasteiger partial charge in [0.1, 0.15) is 10.8 Å². The van der Waals surface area contributed by atoms with E-state index < -0.39 is 6.09 Å². The lowest BCUT2D eigenvalue weighted by Gasteiger charge is -2.18. The number of thiazole rings is 1. The van der Waals surface area contributed by atoms with Crippen LogP contribution >= 0.6 is 27.3 Å². The van der Waals surface area contributed by atoms with E-state index in [0.717, 1.165) is 15.7 Å². The zero-order chi connectivity index (χ0) is 18.0. The molecule has 0 saturated heterocycles. The van der Waals surface area contributed by atoms with Crippen molar-refractivity contribution in [2.45, 2.75) is 6.92 Å². The van der Waals surface area contributed by atoms with E-state index in [-0.39, 0.29) is 24.7 Å². The van der Waals surface area contributed by atoms with Crippen molar-refractivity contribution in [2.75, 3.05) is 13.2 Å². The quantitative estimate of drug-likeness (QED) is 0.695. The molecule has 1 aliphatic rings. The molecule has 9 heteroatoms. The first kappa shape index (κ1) is 17.4. The number of amidine groups is 1. The monoisotopic (exact) mass is 422 g/mol. The number of rotatable bonds is 4. The highest BCUT2D eigenvalue weighted by atomic mass is 79.9. The highest BCUT2D eigenvalue weighted by molar-refractivity contribution is 9.10. The third-order valence-corrected chi connectivity index (χ3v) is 4.85. The topological polar surface area (TPSA) is 98.5 Å². The van der Waals surface area contributed by atoms with Crippen molar-refractivity contribution >= 4 is 44.8 Å². The molecule has 2 heterocycles. The van der Waals surface area contributed by atoms with Crippen molar-refractivity contribution in [3.63, 3.8) is 0 Å². The van der Waals surface area contributed by atoms with Crippen molar-refractivity contribution in [1.29, 1.82) is 5.41 Å². The molecule has 7 nitrogen and oxygen atoms in total. The number of halogens is 1. The molecule has 0 radical (unpaired) electrons. The van der Waals surface area contributed by atoms with Crippen molar-refractivity contribution in [3.8, 4) is 11.3 Å². The first-order valence-electron chi connectivity index (χ1n) is 7.43. The van der Waals surface area contributed by atoms with E-state index in [1.54, 1.807) is 6.92 Å². The van der Waals surface area contributed by atoms with E-state index >= 15 is 0 Å². The molecule has 1 aromatic carbocycles. The molecule has 0 bridgehead atoms. The minimum absolute atomic E-state index is 0.000177. The lowest BCUT2D eigenvalue weighted by molar-refractivity contribution is 0.131. The van der Waals surface area contributed by atoms with Crippen LogP contribution in [0.5, 0.6) is 0 Å². The van der Waals surface area contributed by atoms with E-state index in [1.165, 1.54) is 16.3 Å². The summed E-state index contributed by atoms with van der Waals surface area (Å²) in [4.78, 5) is 16.0. The predicted octanol–water partition coefficient (Wildman–Crippen LogP) is 3.80. The first-order chi connectivity index (χ1) is 12.0. The van der Waals surface area contributed by atoms with Crippen molar-refractivity contribution in [2.24, 2.45) is 0 Å². The summed E-state index contributed by atoms with van der Waals surface area (Å²) in [5.74, 6) is -0.0410. The number of aliphatic hydroxyl groups excluding tert-OH is 1. The number of carbonyl (C=O) groups is 1. The number of amides is 1. The summed E-state index contributed by atoms with van der Waals surface area (Å²) in [6.45, 7) is 1.91. The molecule has 0 spiro atoms. The molecule has 0 aliphatic carbocycles. The van der Waals surface area contributed by atoms with Crippen molar-refractivity contribution < 1.29 is 14.6 Å². The zero-order valence-corrected chi connectivity index (χ0v) is 15.6. The van der Waals surface area contributed by atoms with Crippen LogP contribution in [0.4, 0.5) is 4.79 Å². The maximum atomic E-state index is 11.5. The van der Waals surface area contributed by atoms with Crippen LogP contribution in [0, 0.1) is 5.41 Å². The second kappa shape index (κ2) is 7.24. The second-order valence-corrected chi connectivity index (χ2v) is 6.91. The molecule has 1 aliphatic heterocycles. The Labute approximate surface area is 156 Å². The summed E-state index contributed by atoms with van der Waals surface area (Å²) in [5.41, 5.74) is 4.44. The number of ether oxygens (including phenoxy) is 1. The van der Waals surface area contributed by atoms with E-state index in [0.29, 0.717) is 10.6 Å². The van der Waals surface area contributed by atoms with Gasteiger partial charge in [-0.05, 0) is 19.1 Å². The maximum Gasteiger partial charge on any atom is 0.426 e. The van der Waals surface area contributed by atoms with E-state index in [1.807, 2.05) is 29.6 Å². The summed E-state index contributed by atoms with van der Waals surface area (Å²) in [6.07, 6.45) is -0.670. The summed E-state index contributed by atoms with van der Waals surface area (Å²) in [6, 6.07) is 7.72. The number of hydrazine groups is 1. The lowest BCUT2D eigenvalue weighted by atomic mass is 10.2. The van der Waals surface area contributed by atoms with Gasteiger partial charge in [-0.15, -0.1) is 11.3 Å². The smallest absolute Gasteiger partial charge is 0.426 e. The van der Waals surface area contributed by atoms with Gasteiger partial charge in [-0.3, -0.25) is 10.4 Å². The zero-order valence-electron chi connectivity index (χ0n) is 13.2. The number of aliphatic hydroxyl groups is 1. The fourth-order valence-electron chi connectivity index (χ4n) is 2.32. The number of aromatic nitrogens is 1. The number of nitrogens with one attached hydrogen (secondary N) is 2. The summed E-state index contributed by atoms with van der Waals surface area (Å²) < 4.78 is 5.77. The van der Waals surface area contributed by atoms with Crippen LogP contribution in [-0.2, 0) is 4.74 Å². The minimum Gasteiger partial charge on any atom is -0.509 e. The number of hydrogen-bond donors (Lipinski definition) is 3. The van der Waals surface area contributed by atoms with Gasteiger partial charge in [-0.25, -0.2) is 15.2 Å². The molecule has 3 rings (SSSR count). The number of benzene rings is 1. The van der Waals surface area contributed by atoms with Gasteiger partial charge in [0.15, 0.2) is 5.84 Å². The van der Waals surface area contributed by atoms with E-state index in [2.05, 4.69) is 26.3 Å². The Kier molecular flexibility index (Phi) is 5.05. The Bertz CT molecular complexity index is 847. The number of nitrogens with zero attached hydrogens (tertiary/aromatic N) is 2. The molecule has 130 valence electrons. The van der Waals surface area contributed by atoms with Crippen LogP contribution in [-0.4, -0.2) is 40.2 Å². The summed E-state index contributed by atoms with van der Waals surface area (Å²) in [5, 5.41) is 22.0. The molecular weight excluding hydrogens is 408 g/mol. The van der Waals surface area contributed by atoms with Crippen molar-refractivity contribution in [1.82, 2.24) is 15.4 Å². The molecule has 0 unspecified atom stereocenters. The molecule has 25 heavy (non-hydrogen) atoms. The van der Waals surface area contributed by atoms with Gasteiger partial charge < -0.3 is 9.84 Å². The molecule has 0 fully saturated rings. The largest absolute Gasteiger partial charge is 0.509 e. The molecular formula is C16H15BrN4O3S. The first-order valence-corrected chi connectivity index (χ1v) is 9.10. The van der Waals surface area contributed by atoms with Crippen LogP contribution in [0.2, 0.25) is 0 Å². The van der Waals surface area contributed by atoms with Gasteiger partial charge >= 0.3 is 6.09 Å². The molecule has 3 N–H and O–H groups in total. The van der Waals surface area contributed by atoms with Gasteiger partial charge in [-0.1, -0.05) is 28.1 Å². The van der Waals surface area contributed by atoms with Gasteiger partial charge in [0.05, 0.1) is 24.4 Å². The fraction of sp³-hybridized carbons (Fsp3) is 0.188. The van der Waals surface area contributed by atoms with E-state index in [9.17, 15) is 9.90 Å². The van der Waals surface area contributed by atoms with Gasteiger partial charge in [0.2, 0.25) is 0 Å². The average molecular weight is 423 g/mol. The van der Waals surface area contributed by atoms with Crippen LogP contribution in [0.25, 0.3) is 16.8 Å². The predicted molar refractivity (Wildman–Crippen MR) is 99.4 cm³/mol. The van der Waals surface area contributed by atoms with Crippen LogP contribution < -0.4 is 5.43 Å². The Morgan fingerprint density at radius 3 is 2.88 bits per heavy atom. The standard InChI is InChI=1S/C16H15BrN4O3S/c1-2-24-16(23)20-21-7-12(22)13(14(21)18)15-19-11(8-25-15)9-3-5-10(17)6-4-9/h3-6,8,18,22H,2,7H2,1H3,(H,20,23).